The van der Waals surface area contributed by atoms with E-state index in [0.29, 0.717) is 5.56 Å². The number of esters is 1. The molecule has 0 saturated carbocycles. The van der Waals surface area contributed by atoms with Crippen LogP contribution < -0.4 is 0 Å². The van der Waals surface area contributed by atoms with Crippen molar-refractivity contribution < 1.29 is 9.53 Å². The summed E-state index contributed by atoms with van der Waals surface area (Å²) >= 11 is 0. The van der Waals surface area contributed by atoms with Gasteiger partial charge < -0.3 is 4.74 Å². The van der Waals surface area contributed by atoms with Gasteiger partial charge in [0.25, 0.3) is 0 Å². The second-order valence-electron chi connectivity index (χ2n) is 5.61. The number of pyridine rings is 1. The van der Waals surface area contributed by atoms with Crippen LogP contribution in [-0.2, 0) is 4.74 Å². The van der Waals surface area contributed by atoms with E-state index in [2.05, 4.69) is 17.1 Å². The van der Waals surface area contributed by atoms with Gasteiger partial charge in [0, 0.05) is 11.6 Å². The smallest absolute Gasteiger partial charge is 0.337 e. The third-order valence-corrected chi connectivity index (χ3v) is 4.24. The second-order valence-corrected chi connectivity index (χ2v) is 5.61. The van der Waals surface area contributed by atoms with E-state index in [-0.39, 0.29) is 5.97 Å². The molecule has 0 unspecified atom stereocenters. The SMILES string of the molecule is COC(=O)c1ccc2cccc(-c3ccnc4ccccc34)c2c1. The maximum atomic E-state index is 11.9. The van der Waals surface area contributed by atoms with Crippen LogP contribution >= 0.6 is 0 Å². The number of hydrogen-bond donors (Lipinski definition) is 0. The molecule has 0 radical (unpaired) electrons. The van der Waals surface area contributed by atoms with Crippen LogP contribution in [0.25, 0.3) is 32.8 Å². The summed E-state index contributed by atoms with van der Waals surface area (Å²) in [6.45, 7) is 0. The number of benzene rings is 3. The monoisotopic (exact) mass is 313 g/mol. The molecule has 0 atom stereocenters. The largest absolute Gasteiger partial charge is 0.465 e. The fourth-order valence-electron chi connectivity index (χ4n) is 3.08. The van der Waals surface area contributed by atoms with Gasteiger partial charge in [0.2, 0.25) is 0 Å². The van der Waals surface area contributed by atoms with Crippen LogP contribution in [0.5, 0.6) is 0 Å². The molecule has 3 nitrogen and oxygen atoms in total. The van der Waals surface area contributed by atoms with E-state index in [1.54, 1.807) is 6.07 Å². The predicted molar refractivity (Wildman–Crippen MR) is 96.0 cm³/mol. The Kier molecular flexibility index (Phi) is 3.47. The molecule has 0 aliphatic heterocycles. The fraction of sp³-hybridized carbons (Fsp3) is 0.0476. The molecular weight excluding hydrogens is 298 g/mol. The van der Waals surface area contributed by atoms with Gasteiger partial charge in [-0.1, -0.05) is 42.5 Å². The number of aromatic nitrogens is 1. The number of ether oxygens (including phenoxy) is 1. The molecule has 4 aromatic rings. The lowest BCUT2D eigenvalue weighted by atomic mass is 9.95. The number of fused-ring (bicyclic) bond motifs is 2. The molecular formula is C21H15NO2. The molecule has 3 heteroatoms. The van der Waals surface area contributed by atoms with Crippen LogP contribution in [0.3, 0.4) is 0 Å². The minimum absolute atomic E-state index is 0.328. The van der Waals surface area contributed by atoms with E-state index in [4.69, 9.17) is 4.74 Å². The van der Waals surface area contributed by atoms with Gasteiger partial charge in [0.05, 0.1) is 18.2 Å². The first-order valence-corrected chi connectivity index (χ1v) is 7.73. The average molecular weight is 313 g/mol. The first kappa shape index (κ1) is 14.4. The third kappa shape index (κ3) is 2.31. The van der Waals surface area contributed by atoms with Crippen LogP contribution in [0.1, 0.15) is 10.4 Å². The maximum absolute atomic E-state index is 11.9. The van der Waals surface area contributed by atoms with Gasteiger partial charge in [-0.15, -0.1) is 0 Å². The highest BCUT2D eigenvalue weighted by Crippen LogP contribution is 2.33. The molecule has 0 aliphatic rings. The van der Waals surface area contributed by atoms with Gasteiger partial charge in [-0.25, -0.2) is 4.79 Å². The van der Waals surface area contributed by atoms with Gasteiger partial charge in [0.15, 0.2) is 0 Å². The number of rotatable bonds is 2. The summed E-state index contributed by atoms with van der Waals surface area (Å²) in [5, 5.41) is 3.20. The Morgan fingerprint density at radius 1 is 0.875 bits per heavy atom. The van der Waals surface area contributed by atoms with E-state index < -0.39 is 0 Å². The van der Waals surface area contributed by atoms with E-state index in [0.717, 1.165) is 32.8 Å². The van der Waals surface area contributed by atoms with E-state index in [1.165, 1.54) is 7.11 Å². The minimum Gasteiger partial charge on any atom is -0.465 e. The summed E-state index contributed by atoms with van der Waals surface area (Å²) in [7, 11) is 1.40. The number of carbonyl (C=O) groups is 1. The Hall–Kier alpha value is -3.20. The normalized spacial score (nSPS) is 10.9. The number of hydrogen-bond acceptors (Lipinski definition) is 3. The molecule has 0 N–H and O–H groups in total. The lowest BCUT2D eigenvalue weighted by Crippen LogP contribution is -2.00. The lowest BCUT2D eigenvalue weighted by Gasteiger charge is -2.11. The van der Waals surface area contributed by atoms with Crippen molar-refractivity contribution in [1.82, 2.24) is 4.98 Å². The highest BCUT2D eigenvalue weighted by Gasteiger charge is 2.11. The lowest BCUT2D eigenvalue weighted by molar-refractivity contribution is 0.0601. The zero-order chi connectivity index (χ0) is 16.5. The third-order valence-electron chi connectivity index (χ3n) is 4.24. The van der Waals surface area contributed by atoms with Crippen molar-refractivity contribution in [2.24, 2.45) is 0 Å². The number of methoxy groups -OCH3 is 1. The van der Waals surface area contributed by atoms with Crippen LogP contribution in [-0.4, -0.2) is 18.1 Å². The summed E-state index contributed by atoms with van der Waals surface area (Å²) in [6, 6.07) is 21.9. The van der Waals surface area contributed by atoms with Crippen molar-refractivity contribution in [2.75, 3.05) is 7.11 Å². The molecule has 3 aromatic carbocycles. The Morgan fingerprint density at radius 3 is 2.58 bits per heavy atom. The second kappa shape index (κ2) is 5.78. The molecule has 0 spiro atoms. The predicted octanol–water partition coefficient (Wildman–Crippen LogP) is 4.84. The number of carbonyl (C=O) groups excluding carboxylic acids is 1. The highest BCUT2D eigenvalue weighted by molar-refractivity contribution is 6.06. The molecule has 0 bridgehead atoms. The minimum atomic E-state index is -0.328. The van der Waals surface area contributed by atoms with Crippen molar-refractivity contribution in [3.8, 4) is 11.1 Å². The molecule has 116 valence electrons. The topological polar surface area (TPSA) is 39.2 Å². The first-order chi connectivity index (χ1) is 11.8. The molecule has 0 aliphatic carbocycles. The molecule has 0 amide bonds. The van der Waals surface area contributed by atoms with Crippen molar-refractivity contribution >= 4 is 27.6 Å². The first-order valence-electron chi connectivity index (χ1n) is 7.73. The zero-order valence-corrected chi connectivity index (χ0v) is 13.2. The molecule has 0 fully saturated rings. The number of nitrogens with zero attached hydrogens (tertiary/aromatic N) is 1. The Bertz CT molecular complexity index is 1060. The molecule has 1 heterocycles. The summed E-state index contributed by atoms with van der Waals surface area (Å²) in [5.41, 5.74) is 3.69. The van der Waals surface area contributed by atoms with Crippen molar-refractivity contribution in [1.29, 1.82) is 0 Å². The summed E-state index contributed by atoms with van der Waals surface area (Å²) in [4.78, 5) is 16.3. The van der Waals surface area contributed by atoms with Crippen LogP contribution in [0.2, 0.25) is 0 Å². The van der Waals surface area contributed by atoms with Gasteiger partial charge >= 0.3 is 5.97 Å². The van der Waals surface area contributed by atoms with Crippen LogP contribution in [0.4, 0.5) is 0 Å². The van der Waals surface area contributed by atoms with Crippen molar-refractivity contribution in [2.45, 2.75) is 0 Å². The standard InChI is InChI=1S/C21H15NO2/c1-24-21(23)15-10-9-14-5-4-7-16(19(14)13-15)17-11-12-22-20-8-3-2-6-18(17)20/h2-13H,1H3. The zero-order valence-electron chi connectivity index (χ0n) is 13.2. The van der Waals surface area contributed by atoms with Crippen molar-refractivity contribution in [3.63, 3.8) is 0 Å². The average Bonchev–Trinajstić information content (AvgIpc) is 2.66. The van der Waals surface area contributed by atoms with E-state index in [9.17, 15) is 4.79 Å². The van der Waals surface area contributed by atoms with Gasteiger partial charge in [-0.2, -0.15) is 0 Å². The molecule has 0 saturated heterocycles. The van der Waals surface area contributed by atoms with Gasteiger partial charge in [0.1, 0.15) is 0 Å². The van der Waals surface area contributed by atoms with E-state index in [1.807, 2.05) is 54.7 Å². The van der Waals surface area contributed by atoms with Gasteiger partial charge in [-0.3, -0.25) is 4.98 Å². The molecule has 4 rings (SSSR count). The van der Waals surface area contributed by atoms with Crippen molar-refractivity contribution in [3.05, 3.63) is 78.5 Å². The quantitative estimate of drug-likeness (QED) is 0.497. The van der Waals surface area contributed by atoms with E-state index >= 15 is 0 Å². The molecule has 24 heavy (non-hydrogen) atoms. The highest BCUT2D eigenvalue weighted by atomic mass is 16.5. The Morgan fingerprint density at radius 2 is 1.71 bits per heavy atom. The summed E-state index contributed by atoms with van der Waals surface area (Å²) in [5.74, 6) is -0.328. The maximum Gasteiger partial charge on any atom is 0.337 e. The molecule has 1 aromatic heterocycles. The Labute approximate surface area is 139 Å². The fourth-order valence-corrected chi connectivity index (χ4v) is 3.08. The van der Waals surface area contributed by atoms with Gasteiger partial charge in [-0.05, 0) is 46.2 Å². The van der Waals surface area contributed by atoms with Crippen LogP contribution in [0, 0.1) is 0 Å². The summed E-state index contributed by atoms with van der Waals surface area (Å²) < 4.78 is 4.85. The summed E-state index contributed by atoms with van der Waals surface area (Å²) in [6.07, 6.45) is 1.82. The number of para-hydroxylation sites is 1. The Balaban J connectivity index is 2.03. The van der Waals surface area contributed by atoms with Crippen LogP contribution in [0.15, 0.2) is 72.9 Å².